The Labute approximate surface area is 156 Å². The highest BCUT2D eigenvalue weighted by atomic mass is 16.1. The molecule has 0 spiro atoms. The van der Waals surface area contributed by atoms with E-state index in [9.17, 15) is 4.79 Å². The molecule has 0 aliphatic rings. The van der Waals surface area contributed by atoms with Gasteiger partial charge in [-0.2, -0.15) is 0 Å². The maximum atomic E-state index is 12.6. The van der Waals surface area contributed by atoms with Crippen molar-refractivity contribution in [1.82, 2.24) is 9.88 Å². The Morgan fingerprint density at radius 2 is 1.96 bits per heavy atom. The van der Waals surface area contributed by atoms with Gasteiger partial charge in [-0.25, -0.2) is 0 Å². The number of unbranched alkanes of at least 4 members (excludes halogenated alkanes) is 1. The number of para-hydroxylation sites is 1. The molecule has 3 rings (SSSR count). The molecule has 0 fully saturated rings. The fourth-order valence-electron chi connectivity index (χ4n) is 3.61. The summed E-state index contributed by atoms with van der Waals surface area (Å²) in [5, 5.41) is 4.30. The Morgan fingerprint density at radius 3 is 2.73 bits per heavy atom. The SMILES string of the molecule is CCCCNC(=O)CC(c1cccc(C)c1)c1cn(C)c2ccccc12. The molecule has 3 heteroatoms. The quantitative estimate of drug-likeness (QED) is 0.604. The summed E-state index contributed by atoms with van der Waals surface area (Å²) in [6.45, 7) is 4.99. The van der Waals surface area contributed by atoms with Gasteiger partial charge in [0.15, 0.2) is 0 Å². The van der Waals surface area contributed by atoms with Crippen molar-refractivity contribution in [2.75, 3.05) is 6.54 Å². The summed E-state index contributed by atoms with van der Waals surface area (Å²) < 4.78 is 2.16. The summed E-state index contributed by atoms with van der Waals surface area (Å²) in [5.74, 6) is 0.181. The summed E-state index contributed by atoms with van der Waals surface area (Å²) in [4.78, 5) is 12.6. The molecule has 1 heterocycles. The van der Waals surface area contributed by atoms with Crippen molar-refractivity contribution in [2.24, 2.45) is 7.05 Å². The summed E-state index contributed by atoms with van der Waals surface area (Å²) in [7, 11) is 2.07. The largest absolute Gasteiger partial charge is 0.356 e. The molecule has 0 radical (unpaired) electrons. The van der Waals surface area contributed by atoms with Crippen LogP contribution >= 0.6 is 0 Å². The molecule has 26 heavy (non-hydrogen) atoms. The number of nitrogens with zero attached hydrogens (tertiary/aromatic N) is 1. The monoisotopic (exact) mass is 348 g/mol. The van der Waals surface area contributed by atoms with Crippen molar-refractivity contribution in [1.29, 1.82) is 0 Å². The van der Waals surface area contributed by atoms with E-state index < -0.39 is 0 Å². The number of rotatable bonds is 7. The minimum absolute atomic E-state index is 0.0580. The maximum Gasteiger partial charge on any atom is 0.220 e. The predicted molar refractivity (Wildman–Crippen MR) is 108 cm³/mol. The summed E-state index contributed by atoms with van der Waals surface area (Å²) >= 11 is 0. The first kappa shape index (κ1) is 18.2. The zero-order chi connectivity index (χ0) is 18.5. The van der Waals surface area contributed by atoms with E-state index >= 15 is 0 Å². The van der Waals surface area contributed by atoms with Gasteiger partial charge < -0.3 is 9.88 Å². The molecule has 1 amide bonds. The molecule has 1 unspecified atom stereocenters. The number of benzene rings is 2. The Hall–Kier alpha value is -2.55. The highest BCUT2D eigenvalue weighted by Crippen LogP contribution is 2.34. The zero-order valence-electron chi connectivity index (χ0n) is 16.0. The number of carbonyl (C=O) groups excluding carboxylic acids is 1. The summed E-state index contributed by atoms with van der Waals surface area (Å²) in [5.41, 5.74) is 4.84. The molecule has 0 aliphatic carbocycles. The lowest BCUT2D eigenvalue weighted by molar-refractivity contribution is -0.121. The Kier molecular flexibility index (Phi) is 5.77. The van der Waals surface area contributed by atoms with E-state index in [2.05, 4.69) is 85.5 Å². The molecule has 0 saturated heterocycles. The number of nitrogens with one attached hydrogen (secondary N) is 1. The van der Waals surface area contributed by atoms with Crippen LogP contribution in [0.2, 0.25) is 0 Å². The normalized spacial score (nSPS) is 12.3. The predicted octanol–water partition coefficient (Wildman–Crippen LogP) is 4.93. The maximum absolute atomic E-state index is 12.6. The van der Waals surface area contributed by atoms with Gasteiger partial charge in [-0.05, 0) is 30.5 Å². The van der Waals surface area contributed by atoms with E-state index in [0.717, 1.165) is 19.4 Å². The lowest BCUT2D eigenvalue weighted by Gasteiger charge is -2.18. The third-order valence-electron chi connectivity index (χ3n) is 4.99. The van der Waals surface area contributed by atoms with E-state index in [1.807, 2.05) is 0 Å². The van der Waals surface area contributed by atoms with Crippen LogP contribution in [0.3, 0.4) is 0 Å². The van der Waals surface area contributed by atoms with Crippen LogP contribution in [-0.4, -0.2) is 17.0 Å². The van der Waals surface area contributed by atoms with Crippen molar-refractivity contribution in [3.8, 4) is 0 Å². The molecule has 0 aliphatic heterocycles. The van der Waals surface area contributed by atoms with Gasteiger partial charge in [0, 0.05) is 43.0 Å². The van der Waals surface area contributed by atoms with Crippen LogP contribution in [-0.2, 0) is 11.8 Å². The number of hydrogen-bond donors (Lipinski definition) is 1. The van der Waals surface area contributed by atoms with Crippen LogP contribution in [0.1, 0.15) is 48.8 Å². The first-order valence-corrected chi connectivity index (χ1v) is 9.47. The van der Waals surface area contributed by atoms with Crippen LogP contribution in [0, 0.1) is 6.92 Å². The topological polar surface area (TPSA) is 34.0 Å². The highest BCUT2D eigenvalue weighted by Gasteiger charge is 2.22. The number of carbonyl (C=O) groups is 1. The van der Waals surface area contributed by atoms with Gasteiger partial charge in [0.05, 0.1) is 0 Å². The van der Waals surface area contributed by atoms with Crippen LogP contribution in [0.5, 0.6) is 0 Å². The number of hydrogen-bond acceptors (Lipinski definition) is 1. The third kappa shape index (κ3) is 3.98. The van der Waals surface area contributed by atoms with Crippen molar-refractivity contribution in [3.63, 3.8) is 0 Å². The molecule has 0 bridgehead atoms. The molecule has 2 aromatic carbocycles. The minimum atomic E-state index is 0.0580. The van der Waals surface area contributed by atoms with Gasteiger partial charge in [-0.1, -0.05) is 61.4 Å². The van der Waals surface area contributed by atoms with E-state index in [1.54, 1.807) is 0 Å². The zero-order valence-corrected chi connectivity index (χ0v) is 16.0. The number of aromatic nitrogens is 1. The molecule has 3 aromatic rings. The number of amides is 1. The van der Waals surface area contributed by atoms with Gasteiger partial charge in [0.2, 0.25) is 5.91 Å². The van der Waals surface area contributed by atoms with Crippen LogP contribution in [0.15, 0.2) is 54.7 Å². The minimum Gasteiger partial charge on any atom is -0.356 e. The molecule has 3 nitrogen and oxygen atoms in total. The molecule has 1 atom stereocenters. The summed E-state index contributed by atoms with van der Waals surface area (Å²) in [6, 6.07) is 16.9. The van der Waals surface area contributed by atoms with Gasteiger partial charge >= 0.3 is 0 Å². The van der Waals surface area contributed by atoms with E-state index in [0.29, 0.717) is 6.42 Å². The molecule has 136 valence electrons. The fraction of sp³-hybridized carbons (Fsp3) is 0.348. The Morgan fingerprint density at radius 1 is 1.15 bits per heavy atom. The molecular formula is C23H28N2O. The van der Waals surface area contributed by atoms with Crippen molar-refractivity contribution in [2.45, 2.75) is 39.0 Å². The average Bonchev–Trinajstić information content (AvgIpc) is 2.97. The molecule has 1 N–H and O–H groups in total. The first-order chi connectivity index (χ1) is 12.6. The standard InChI is InChI=1S/C23H28N2O/c1-4-5-13-24-23(26)15-20(18-10-8-9-17(2)14-18)21-16-25(3)22-12-7-6-11-19(21)22/h6-12,14,16,20H,4-5,13,15H2,1-3H3,(H,24,26). The highest BCUT2D eigenvalue weighted by molar-refractivity contribution is 5.86. The lowest BCUT2D eigenvalue weighted by atomic mass is 9.87. The van der Waals surface area contributed by atoms with Gasteiger partial charge in [-0.3, -0.25) is 4.79 Å². The number of aryl methyl sites for hydroxylation is 2. The Bertz CT molecular complexity index is 894. The number of fused-ring (bicyclic) bond motifs is 1. The molecule has 1 aromatic heterocycles. The second kappa shape index (κ2) is 8.22. The van der Waals surface area contributed by atoms with Gasteiger partial charge in [0.25, 0.3) is 0 Å². The second-order valence-electron chi connectivity index (χ2n) is 7.09. The van der Waals surface area contributed by atoms with E-state index in [1.165, 1.54) is 27.6 Å². The Balaban J connectivity index is 1.98. The van der Waals surface area contributed by atoms with Gasteiger partial charge in [-0.15, -0.1) is 0 Å². The van der Waals surface area contributed by atoms with Crippen LogP contribution in [0.25, 0.3) is 10.9 Å². The van der Waals surface area contributed by atoms with Crippen molar-refractivity contribution >= 4 is 16.8 Å². The molecule has 0 saturated carbocycles. The summed E-state index contributed by atoms with van der Waals surface area (Å²) in [6.07, 6.45) is 4.76. The van der Waals surface area contributed by atoms with E-state index in [4.69, 9.17) is 0 Å². The average molecular weight is 348 g/mol. The van der Waals surface area contributed by atoms with Crippen molar-refractivity contribution < 1.29 is 4.79 Å². The van der Waals surface area contributed by atoms with Crippen LogP contribution < -0.4 is 5.32 Å². The van der Waals surface area contributed by atoms with E-state index in [-0.39, 0.29) is 11.8 Å². The van der Waals surface area contributed by atoms with Crippen LogP contribution in [0.4, 0.5) is 0 Å². The lowest BCUT2D eigenvalue weighted by Crippen LogP contribution is -2.26. The molecular weight excluding hydrogens is 320 g/mol. The van der Waals surface area contributed by atoms with Crippen molar-refractivity contribution in [3.05, 3.63) is 71.4 Å². The fourth-order valence-corrected chi connectivity index (χ4v) is 3.61. The smallest absolute Gasteiger partial charge is 0.220 e. The van der Waals surface area contributed by atoms with Gasteiger partial charge in [0.1, 0.15) is 0 Å². The first-order valence-electron chi connectivity index (χ1n) is 9.47. The third-order valence-corrected chi connectivity index (χ3v) is 4.99. The second-order valence-corrected chi connectivity index (χ2v) is 7.09.